The number of carbonyl (C=O) groups is 3. The van der Waals surface area contributed by atoms with Gasteiger partial charge in [-0.2, -0.15) is 0 Å². The zero-order valence-electron chi connectivity index (χ0n) is 11.0. The summed E-state index contributed by atoms with van der Waals surface area (Å²) >= 11 is 0. The molecule has 1 heterocycles. The predicted molar refractivity (Wildman–Crippen MR) is 64.8 cm³/mol. The Morgan fingerprint density at radius 1 is 1.50 bits per heavy atom. The fourth-order valence-corrected chi connectivity index (χ4v) is 2.03. The van der Waals surface area contributed by atoms with E-state index in [1.807, 2.05) is 13.8 Å². The maximum absolute atomic E-state index is 11.9. The number of carboxylic acid groups (broad SMARTS) is 1. The lowest BCUT2D eigenvalue weighted by Crippen LogP contribution is -2.44. The van der Waals surface area contributed by atoms with E-state index >= 15 is 0 Å². The van der Waals surface area contributed by atoms with Gasteiger partial charge >= 0.3 is 5.97 Å². The van der Waals surface area contributed by atoms with E-state index in [1.54, 1.807) is 11.8 Å². The third-order valence-electron chi connectivity index (χ3n) is 3.18. The molecule has 2 atom stereocenters. The van der Waals surface area contributed by atoms with Gasteiger partial charge in [-0.15, -0.1) is 0 Å². The van der Waals surface area contributed by atoms with Crippen LogP contribution in [0.1, 0.15) is 33.6 Å². The quantitative estimate of drug-likeness (QED) is 0.737. The smallest absolute Gasteiger partial charge is 0.326 e. The van der Waals surface area contributed by atoms with E-state index in [-0.39, 0.29) is 24.3 Å². The van der Waals surface area contributed by atoms with Crippen LogP contribution in [0, 0.1) is 5.92 Å². The first-order chi connectivity index (χ1) is 8.36. The van der Waals surface area contributed by atoms with Crippen molar-refractivity contribution in [1.29, 1.82) is 0 Å². The van der Waals surface area contributed by atoms with Crippen molar-refractivity contribution in [3.8, 4) is 0 Å². The molecule has 0 aromatic carbocycles. The molecule has 1 aliphatic heterocycles. The van der Waals surface area contributed by atoms with Crippen LogP contribution in [0.15, 0.2) is 0 Å². The van der Waals surface area contributed by atoms with E-state index < -0.39 is 17.9 Å². The van der Waals surface area contributed by atoms with Crippen LogP contribution in [0.25, 0.3) is 0 Å². The summed E-state index contributed by atoms with van der Waals surface area (Å²) < 4.78 is 0. The van der Waals surface area contributed by atoms with Gasteiger partial charge in [0.05, 0.1) is 5.92 Å². The molecule has 1 aliphatic rings. The number of aliphatic carboxylic acids is 1. The van der Waals surface area contributed by atoms with Crippen molar-refractivity contribution in [3.05, 3.63) is 0 Å². The molecule has 6 heteroatoms. The molecule has 1 rings (SSSR count). The number of nitrogens with zero attached hydrogens (tertiary/aromatic N) is 1. The van der Waals surface area contributed by atoms with E-state index in [9.17, 15) is 14.4 Å². The molecule has 1 unspecified atom stereocenters. The van der Waals surface area contributed by atoms with E-state index in [0.29, 0.717) is 13.0 Å². The highest BCUT2D eigenvalue weighted by molar-refractivity contribution is 5.91. The molecule has 0 radical (unpaired) electrons. The summed E-state index contributed by atoms with van der Waals surface area (Å²) in [5.74, 6) is -1.88. The molecule has 0 aliphatic carbocycles. The largest absolute Gasteiger partial charge is 0.480 e. The summed E-state index contributed by atoms with van der Waals surface area (Å²) in [6.07, 6.45) is 0.496. The molecule has 2 N–H and O–H groups in total. The van der Waals surface area contributed by atoms with Gasteiger partial charge in [0.2, 0.25) is 11.8 Å². The number of carbonyl (C=O) groups excluding carboxylic acids is 2. The highest BCUT2D eigenvalue weighted by Gasteiger charge is 2.36. The SMILES string of the molecule is CC[C@H](NC(=O)C1CC(=O)N(C(C)C)C1)C(=O)O. The van der Waals surface area contributed by atoms with Crippen LogP contribution in [0.3, 0.4) is 0 Å². The minimum absolute atomic E-state index is 0.0477. The second-order valence-corrected chi connectivity index (χ2v) is 4.85. The van der Waals surface area contributed by atoms with Crippen molar-refractivity contribution < 1.29 is 19.5 Å². The Kier molecular flexibility index (Phi) is 4.69. The molecule has 2 amide bonds. The Hall–Kier alpha value is -1.59. The van der Waals surface area contributed by atoms with Crippen molar-refractivity contribution >= 4 is 17.8 Å². The zero-order chi connectivity index (χ0) is 13.9. The number of carboxylic acids is 1. The summed E-state index contributed by atoms with van der Waals surface area (Å²) in [6, 6.07) is -0.808. The summed E-state index contributed by atoms with van der Waals surface area (Å²) in [4.78, 5) is 36.0. The van der Waals surface area contributed by atoms with Gasteiger partial charge in [-0.05, 0) is 20.3 Å². The molecule has 6 nitrogen and oxygen atoms in total. The van der Waals surface area contributed by atoms with Crippen molar-refractivity contribution in [3.63, 3.8) is 0 Å². The average Bonchev–Trinajstić information content (AvgIpc) is 2.67. The number of hydrogen-bond donors (Lipinski definition) is 2. The van der Waals surface area contributed by atoms with Crippen LogP contribution in [-0.4, -0.2) is 46.4 Å². The predicted octanol–water partition coefficient (Wildman–Crippen LogP) is 0.223. The third-order valence-corrected chi connectivity index (χ3v) is 3.18. The normalized spacial score (nSPS) is 21.2. The standard InChI is InChI=1S/C12H20N2O4/c1-4-9(12(17)18)13-11(16)8-5-10(15)14(6-8)7(2)3/h7-9H,4-6H2,1-3H3,(H,13,16)(H,17,18)/t8?,9-/m0/s1. The molecule has 0 bridgehead atoms. The van der Waals surface area contributed by atoms with Crippen molar-refractivity contribution in [1.82, 2.24) is 10.2 Å². The Balaban J connectivity index is 2.59. The molecular formula is C12H20N2O4. The molecule has 1 saturated heterocycles. The van der Waals surface area contributed by atoms with E-state index in [0.717, 1.165) is 0 Å². The lowest BCUT2D eigenvalue weighted by molar-refractivity contribution is -0.142. The Morgan fingerprint density at radius 3 is 2.50 bits per heavy atom. The average molecular weight is 256 g/mol. The topological polar surface area (TPSA) is 86.7 Å². The molecule has 0 saturated carbocycles. The maximum Gasteiger partial charge on any atom is 0.326 e. The third kappa shape index (κ3) is 3.21. The van der Waals surface area contributed by atoms with Crippen molar-refractivity contribution in [2.45, 2.75) is 45.7 Å². The highest BCUT2D eigenvalue weighted by atomic mass is 16.4. The molecule has 0 aromatic rings. The van der Waals surface area contributed by atoms with Crippen LogP contribution in [0.2, 0.25) is 0 Å². The van der Waals surface area contributed by atoms with Crippen LogP contribution in [0.5, 0.6) is 0 Å². The van der Waals surface area contributed by atoms with E-state index in [4.69, 9.17) is 5.11 Å². The van der Waals surface area contributed by atoms with Crippen LogP contribution >= 0.6 is 0 Å². The Morgan fingerprint density at radius 2 is 2.11 bits per heavy atom. The summed E-state index contributed by atoms with van der Waals surface area (Å²) in [7, 11) is 0. The molecule has 18 heavy (non-hydrogen) atoms. The highest BCUT2D eigenvalue weighted by Crippen LogP contribution is 2.20. The van der Waals surface area contributed by atoms with Crippen molar-refractivity contribution in [2.75, 3.05) is 6.54 Å². The minimum Gasteiger partial charge on any atom is -0.480 e. The first-order valence-corrected chi connectivity index (χ1v) is 6.19. The second kappa shape index (κ2) is 5.84. The van der Waals surface area contributed by atoms with Crippen LogP contribution in [0.4, 0.5) is 0 Å². The van der Waals surface area contributed by atoms with Crippen LogP contribution in [-0.2, 0) is 14.4 Å². The molecule has 0 spiro atoms. The van der Waals surface area contributed by atoms with Crippen LogP contribution < -0.4 is 5.32 Å². The Bertz CT molecular complexity index is 354. The van der Waals surface area contributed by atoms with Gasteiger partial charge in [-0.1, -0.05) is 6.92 Å². The fraction of sp³-hybridized carbons (Fsp3) is 0.750. The molecular weight excluding hydrogens is 236 g/mol. The summed E-state index contributed by atoms with van der Waals surface area (Å²) in [5, 5.41) is 11.3. The summed E-state index contributed by atoms with van der Waals surface area (Å²) in [6.45, 7) is 5.85. The monoisotopic (exact) mass is 256 g/mol. The number of rotatable bonds is 5. The fourth-order valence-electron chi connectivity index (χ4n) is 2.03. The second-order valence-electron chi connectivity index (χ2n) is 4.85. The van der Waals surface area contributed by atoms with Gasteiger partial charge in [0.1, 0.15) is 6.04 Å². The number of likely N-dealkylation sites (tertiary alicyclic amines) is 1. The van der Waals surface area contributed by atoms with Gasteiger partial charge in [0.15, 0.2) is 0 Å². The molecule has 0 aromatic heterocycles. The number of nitrogens with one attached hydrogen (secondary N) is 1. The van der Waals surface area contributed by atoms with E-state index in [2.05, 4.69) is 5.32 Å². The lowest BCUT2D eigenvalue weighted by atomic mass is 10.1. The van der Waals surface area contributed by atoms with Gasteiger partial charge in [0.25, 0.3) is 0 Å². The molecule has 102 valence electrons. The Labute approximate surface area is 106 Å². The number of amides is 2. The minimum atomic E-state index is -1.05. The van der Waals surface area contributed by atoms with Gasteiger partial charge in [-0.25, -0.2) is 4.79 Å². The van der Waals surface area contributed by atoms with Gasteiger partial charge in [0, 0.05) is 19.0 Å². The zero-order valence-corrected chi connectivity index (χ0v) is 11.0. The number of hydrogen-bond acceptors (Lipinski definition) is 3. The maximum atomic E-state index is 11.9. The lowest BCUT2D eigenvalue weighted by Gasteiger charge is -2.21. The van der Waals surface area contributed by atoms with Gasteiger partial charge < -0.3 is 15.3 Å². The molecule has 1 fully saturated rings. The first-order valence-electron chi connectivity index (χ1n) is 6.19. The summed E-state index contributed by atoms with van der Waals surface area (Å²) in [5.41, 5.74) is 0. The van der Waals surface area contributed by atoms with Gasteiger partial charge in [-0.3, -0.25) is 9.59 Å². The first kappa shape index (κ1) is 14.5. The van der Waals surface area contributed by atoms with E-state index in [1.165, 1.54) is 0 Å². The van der Waals surface area contributed by atoms with Crippen molar-refractivity contribution in [2.24, 2.45) is 5.92 Å².